The maximum absolute atomic E-state index is 13.2. The smallest absolute Gasteiger partial charge is 0.289 e. The summed E-state index contributed by atoms with van der Waals surface area (Å²) in [6, 6.07) is 11.5. The van der Waals surface area contributed by atoms with Crippen molar-refractivity contribution in [1.29, 1.82) is 0 Å². The molecule has 2 aromatic carbocycles. The highest BCUT2D eigenvalue weighted by molar-refractivity contribution is 7.89. The molecule has 1 atom stereocenters. The summed E-state index contributed by atoms with van der Waals surface area (Å²) in [5, 5.41) is 14.1. The van der Waals surface area contributed by atoms with Crippen molar-refractivity contribution in [2.45, 2.75) is 31.7 Å². The Morgan fingerprint density at radius 1 is 1.00 bits per heavy atom. The number of nitro groups is 1. The van der Waals surface area contributed by atoms with Crippen LogP contribution >= 0.6 is 0 Å². The molecule has 34 heavy (non-hydrogen) atoms. The number of nitrogens with zero attached hydrogens (tertiary/aromatic N) is 3. The number of sulfonamides is 1. The van der Waals surface area contributed by atoms with Crippen LogP contribution in [0.3, 0.4) is 0 Å². The molecule has 1 saturated heterocycles. The molecule has 1 heterocycles. The van der Waals surface area contributed by atoms with Crippen molar-refractivity contribution in [2.75, 3.05) is 26.2 Å². The second-order valence-corrected chi connectivity index (χ2v) is 10.4. The second-order valence-electron chi connectivity index (χ2n) is 8.52. The predicted molar refractivity (Wildman–Crippen MR) is 126 cm³/mol. The minimum atomic E-state index is -4.10. The maximum atomic E-state index is 13.2. The third-order valence-electron chi connectivity index (χ3n) is 5.76. The number of amides is 2. The van der Waals surface area contributed by atoms with Crippen LogP contribution in [0.1, 0.15) is 29.8 Å². The molecule has 0 radical (unpaired) electrons. The Balaban J connectivity index is 1.69. The minimum Gasteiger partial charge on any atom is -0.340 e. The number of nitro benzene ring substituents is 1. The second kappa shape index (κ2) is 10.3. The molecule has 0 aliphatic carbocycles. The van der Waals surface area contributed by atoms with Gasteiger partial charge in [0.05, 0.1) is 4.92 Å². The molecule has 1 aliphatic heterocycles. The number of carbonyl (C=O) groups is 2. The van der Waals surface area contributed by atoms with Gasteiger partial charge in [-0.1, -0.05) is 43.7 Å². The van der Waals surface area contributed by atoms with E-state index in [9.17, 15) is 28.1 Å². The SMILES string of the molecule is Cc1ccc(C(=O)N[C@H](C(=O)N2CCN(S(=O)(=O)c3ccccc3[N+](=O)[O-])CC2)C(C)C)cc1. The van der Waals surface area contributed by atoms with E-state index in [2.05, 4.69) is 5.32 Å². The summed E-state index contributed by atoms with van der Waals surface area (Å²) >= 11 is 0. The van der Waals surface area contributed by atoms with Crippen LogP contribution in [0.2, 0.25) is 0 Å². The van der Waals surface area contributed by atoms with E-state index >= 15 is 0 Å². The summed E-state index contributed by atoms with van der Waals surface area (Å²) in [4.78, 5) is 37.5. The van der Waals surface area contributed by atoms with Gasteiger partial charge in [-0.2, -0.15) is 4.31 Å². The van der Waals surface area contributed by atoms with Crippen LogP contribution in [0.4, 0.5) is 5.69 Å². The fourth-order valence-corrected chi connectivity index (χ4v) is 5.33. The highest BCUT2D eigenvalue weighted by Crippen LogP contribution is 2.27. The quantitative estimate of drug-likeness (QED) is 0.470. The van der Waals surface area contributed by atoms with E-state index in [4.69, 9.17) is 0 Å². The van der Waals surface area contributed by atoms with E-state index in [0.717, 1.165) is 15.9 Å². The highest BCUT2D eigenvalue weighted by atomic mass is 32.2. The average Bonchev–Trinajstić information content (AvgIpc) is 2.82. The molecule has 182 valence electrons. The molecule has 0 bridgehead atoms. The lowest BCUT2D eigenvalue weighted by molar-refractivity contribution is -0.387. The normalized spacial score (nSPS) is 15.7. The van der Waals surface area contributed by atoms with E-state index in [1.807, 2.05) is 32.9 Å². The van der Waals surface area contributed by atoms with Gasteiger partial charge in [0.25, 0.3) is 11.6 Å². The van der Waals surface area contributed by atoms with Gasteiger partial charge in [-0.25, -0.2) is 8.42 Å². The number of aryl methyl sites for hydroxylation is 1. The Labute approximate surface area is 198 Å². The summed E-state index contributed by atoms with van der Waals surface area (Å²) in [7, 11) is -4.10. The van der Waals surface area contributed by atoms with E-state index in [1.54, 1.807) is 12.1 Å². The summed E-state index contributed by atoms with van der Waals surface area (Å²) in [6.07, 6.45) is 0. The molecule has 3 rings (SSSR count). The third-order valence-corrected chi connectivity index (χ3v) is 7.71. The molecular formula is C23H28N4O6S. The average molecular weight is 489 g/mol. The van der Waals surface area contributed by atoms with Gasteiger partial charge in [-0.15, -0.1) is 0 Å². The largest absolute Gasteiger partial charge is 0.340 e. The number of benzene rings is 2. The molecule has 2 amide bonds. The number of hydrogen-bond donors (Lipinski definition) is 1. The van der Waals surface area contributed by atoms with Gasteiger partial charge in [0.15, 0.2) is 4.90 Å². The zero-order chi connectivity index (χ0) is 25.0. The van der Waals surface area contributed by atoms with Gasteiger partial charge in [-0.3, -0.25) is 19.7 Å². The van der Waals surface area contributed by atoms with E-state index in [1.165, 1.54) is 23.1 Å². The number of piperazine rings is 1. The predicted octanol–water partition coefficient (Wildman–Crippen LogP) is 2.19. The van der Waals surface area contributed by atoms with Gasteiger partial charge >= 0.3 is 0 Å². The first-order valence-corrected chi connectivity index (χ1v) is 12.4. The first-order valence-electron chi connectivity index (χ1n) is 10.9. The number of hydrogen-bond acceptors (Lipinski definition) is 6. The molecular weight excluding hydrogens is 460 g/mol. The molecule has 1 aliphatic rings. The van der Waals surface area contributed by atoms with Crippen molar-refractivity contribution < 1.29 is 22.9 Å². The van der Waals surface area contributed by atoms with Crippen molar-refractivity contribution in [2.24, 2.45) is 5.92 Å². The third kappa shape index (κ3) is 5.42. The Bertz CT molecular complexity index is 1170. The first kappa shape index (κ1) is 25.3. The van der Waals surface area contributed by atoms with Gasteiger partial charge in [-0.05, 0) is 31.0 Å². The van der Waals surface area contributed by atoms with Crippen molar-refractivity contribution in [3.8, 4) is 0 Å². The van der Waals surface area contributed by atoms with Crippen molar-refractivity contribution in [3.63, 3.8) is 0 Å². The molecule has 0 unspecified atom stereocenters. The molecule has 2 aromatic rings. The van der Waals surface area contributed by atoms with Gasteiger partial charge in [0.2, 0.25) is 15.9 Å². The molecule has 11 heteroatoms. The molecule has 0 aromatic heterocycles. The van der Waals surface area contributed by atoms with Crippen molar-refractivity contribution >= 4 is 27.5 Å². The van der Waals surface area contributed by atoms with Crippen LogP contribution in [0, 0.1) is 23.0 Å². The molecule has 1 N–H and O–H groups in total. The zero-order valence-corrected chi connectivity index (χ0v) is 20.1. The number of rotatable bonds is 7. The van der Waals surface area contributed by atoms with Crippen molar-refractivity contribution in [3.05, 3.63) is 69.8 Å². The molecule has 0 saturated carbocycles. The Morgan fingerprint density at radius 3 is 2.15 bits per heavy atom. The lowest BCUT2D eigenvalue weighted by Crippen LogP contribution is -2.57. The highest BCUT2D eigenvalue weighted by Gasteiger charge is 2.36. The first-order chi connectivity index (χ1) is 16.0. The van der Waals surface area contributed by atoms with E-state index in [-0.39, 0.29) is 48.8 Å². The van der Waals surface area contributed by atoms with Crippen LogP contribution in [-0.4, -0.2) is 66.6 Å². The molecule has 10 nitrogen and oxygen atoms in total. The van der Waals surface area contributed by atoms with Crippen LogP contribution in [0.5, 0.6) is 0 Å². The van der Waals surface area contributed by atoms with E-state index in [0.29, 0.717) is 5.56 Å². The number of para-hydroxylation sites is 1. The summed E-state index contributed by atoms with van der Waals surface area (Å²) in [5.41, 5.74) is 0.978. The summed E-state index contributed by atoms with van der Waals surface area (Å²) < 4.78 is 27.2. The van der Waals surface area contributed by atoms with Gasteiger partial charge in [0, 0.05) is 37.8 Å². The Hall–Kier alpha value is -3.31. The summed E-state index contributed by atoms with van der Waals surface area (Å²) in [5.74, 6) is -0.835. The minimum absolute atomic E-state index is 0.00313. The molecule has 0 spiro atoms. The van der Waals surface area contributed by atoms with Crippen LogP contribution in [0.15, 0.2) is 53.4 Å². The topological polar surface area (TPSA) is 130 Å². The summed E-state index contributed by atoms with van der Waals surface area (Å²) in [6.45, 7) is 5.79. The number of nitrogens with one attached hydrogen (secondary N) is 1. The van der Waals surface area contributed by atoms with Crippen LogP contribution in [0.25, 0.3) is 0 Å². The standard InChI is InChI=1S/C23H28N4O6S/c1-16(2)21(24-22(28)18-10-8-17(3)9-11-18)23(29)25-12-14-26(15-13-25)34(32,33)20-7-5-4-6-19(20)27(30)31/h4-11,16,21H,12-15H2,1-3H3,(H,24,28)/t21-/m0/s1. The lowest BCUT2D eigenvalue weighted by atomic mass is 10.0. The fourth-order valence-electron chi connectivity index (χ4n) is 3.75. The Kier molecular flexibility index (Phi) is 7.68. The van der Waals surface area contributed by atoms with Crippen LogP contribution < -0.4 is 5.32 Å². The lowest BCUT2D eigenvalue weighted by Gasteiger charge is -2.36. The fraction of sp³-hybridized carbons (Fsp3) is 0.391. The molecule has 1 fully saturated rings. The van der Waals surface area contributed by atoms with E-state index < -0.39 is 26.7 Å². The zero-order valence-electron chi connectivity index (χ0n) is 19.3. The van der Waals surface area contributed by atoms with Crippen molar-refractivity contribution in [1.82, 2.24) is 14.5 Å². The Morgan fingerprint density at radius 2 is 1.59 bits per heavy atom. The maximum Gasteiger partial charge on any atom is 0.289 e. The number of carbonyl (C=O) groups excluding carboxylic acids is 2. The van der Waals surface area contributed by atoms with Crippen LogP contribution in [-0.2, 0) is 14.8 Å². The van der Waals surface area contributed by atoms with Gasteiger partial charge < -0.3 is 10.2 Å². The van der Waals surface area contributed by atoms with Gasteiger partial charge in [0.1, 0.15) is 6.04 Å². The monoisotopic (exact) mass is 488 g/mol.